The number of hydrogen-bond acceptors (Lipinski definition) is 6. The number of carbonyl (C=O) groups excluding carboxylic acids is 1. The first kappa shape index (κ1) is 17.8. The summed E-state index contributed by atoms with van der Waals surface area (Å²) in [6, 6.07) is 5.88. The predicted molar refractivity (Wildman–Crippen MR) is 87.8 cm³/mol. The predicted octanol–water partition coefficient (Wildman–Crippen LogP) is 2.66. The molecule has 1 aromatic heterocycles. The van der Waals surface area contributed by atoms with Crippen LogP contribution in [0.5, 0.6) is 0 Å². The van der Waals surface area contributed by atoms with Crippen molar-refractivity contribution in [2.45, 2.75) is 30.4 Å². The molecule has 2 aromatic rings. The molecule has 0 unspecified atom stereocenters. The van der Waals surface area contributed by atoms with Crippen molar-refractivity contribution < 1.29 is 9.53 Å². The first-order chi connectivity index (χ1) is 8.92. The average Bonchev–Trinajstić information content (AvgIpc) is 2.68. The maximum atomic E-state index is 11.9. The molecule has 0 radical (unpaired) electrons. The zero-order valence-electron chi connectivity index (χ0n) is 11.1. The molecule has 20 heavy (non-hydrogen) atoms. The van der Waals surface area contributed by atoms with Crippen LogP contribution in [0, 0.1) is 0 Å². The number of thiazole rings is 1. The van der Waals surface area contributed by atoms with Gasteiger partial charge in [0.2, 0.25) is 0 Å². The Morgan fingerprint density at radius 3 is 2.85 bits per heavy atom. The van der Waals surface area contributed by atoms with E-state index in [-0.39, 0.29) is 35.5 Å². The number of nitrogens with two attached hydrogens (primary N) is 1. The molecule has 1 aromatic carbocycles. The first-order valence-electron chi connectivity index (χ1n) is 5.94. The summed E-state index contributed by atoms with van der Waals surface area (Å²) in [4.78, 5) is 17.1. The molecule has 0 atom stereocenters. The summed E-state index contributed by atoms with van der Waals surface area (Å²) in [6.07, 6.45) is 0. The second-order valence-corrected chi connectivity index (χ2v) is 7.27. The number of aromatic nitrogens is 1. The van der Waals surface area contributed by atoms with Crippen molar-refractivity contribution in [2.75, 3.05) is 12.3 Å². The Morgan fingerprint density at radius 1 is 1.50 bits per heavy atom. The number of esters is 1. The van der Waals surface area contributed by atoms with Gasteiger partial charge in [0.15, 0.2) is 5.13 Å². The molecule has 7 heteroatoms. The Bertz CT molecular complexity index is 613. The molecule has 2 N–H and O–H groups in total. The maximum absolute atomic E-state index is 11.9. The van der Waals surface area contributed by atoms with Gasteiger partial charge in [-0.15, -0.1) is 11.8 Å². The van der Waals surface area contributed by atoms with Gasteiger partial charge in [-0.1, -0.05) is 11.3 Å². The van der Waals surface area contributed by atoms with Gasteiger partial charge in [0, 0.05) is 4.90 Å². The number of anilines is 1. The molecule has 4 nitrogen and oxygen atoms in total. The van der Waals surface area contributed by atoms with Crippen LogP contribution in [0.3, 0.4) is 0 Å². The summed E-state index contributed by atoms with van der Waals surface area (Å²) < 4.78 is 5.50. The Hall–Kier alpha value is -0.270. The molecule has 0 aliphatic heterocycles. The summed E-state index contributed by atoms with van der Waals surface area (Å²) in [7, 11) is 0. The molecule has 1 heterocycles. The Balaban J connectivity index is 0.00000200. The number of ether oxygens (including phenoxy) is 1. The van der Waals surface area contributed by atoms with E-state index in [9.17, 15) is 4.79 Å². The molecule has 0 amide bonds. The molecule has 2 rings (SSSR count). The number of fused-ring (bicyclic) bond motifs is 1. The first-order valence-corrected chi connectivity index (χ1v) is 7.58. The third-order valence-electron chi connectivity index (χ3n) is 2.52. The fraction of sp³-hybridized carbons (Fsp3) is 0.385. The molecule has 0 bridgehead atoms. The molecule has 0 aliphatic rings. The molecule has 0 fully saturated rings. The van der Waals surface area contributed by atoms with Crippen LogP contribution in [0.15, 0.2) is 23.1 Å². The molecule has 0 saturated heterocycles. The van der Waals surface area contributed by atoms with E-state index < -0.39 is 4.75 Å². The van der Waals surface area contributed by atoms with Crippen LogP contribution in [-0.4, -0.2) is 51.9 Å². The van der Waals surface area contributed by atoms with Crippen LogP contribution in [0.25, 0.3) is 10.2 Å². The zero-order chi connectivity index (χ0) is 14.0. The molecule has 0 spiro atoms. The van der Waals surface area contributed by atoms with Crippen molar-refractivity contribution in [3.63, 3.8) is 0 Å². The number of carbonyl (C=O) groups is 1. The molecular weight excluding hydrogens is 303 g/mol. The van der Waals surface area contributed by atoms with E-state index in [2.05, 4.69) is 4.98 Å². The summed E-state index contributed by atoms with van der Waals surface area (Å²) >= 11 is 2.93. The van der Waals surface area contributed by atoms with E-state index >= 15 is 0 Å². The van der Waals surface area contributed by atoms with Gasteiger partial charge >= 0.3 is 35.5 Å². The van der Waals surface area contributed by atoms with Gasteiger partial charge < -0.3 is 10.5 Å². The second kappa shape index (κ2) is 7.13. The van der Waals surface area contributed by atoms with E-state index in [4.69, 9.17) is 10.5 Å². The fourth-order valence-corrected chi connectivity index (χ4v) is 3.52. The second-order valence-electron chi connectivity index (χ2n) is 4.51. The number of nitrogens with zero attached hydrogens (tertiary/aromatic N) is 1. The van der Waals surface area contributed by atoms with Gasteiger partial charge in [-0.05, 0) is 39.0 Å². The SMILES string of the molecule is CCOC(=O)C(C)(C)Sc1ccc2nc(N)sc2c1.[NaH]. The van der Waals surface area contributed by atoms with E-state index in [0.717, 1.165) is 15.1 Å². The number of benzene rings is 1. The van der Waals surface area contributed by atoms with Gasteiger partial charge in [-0.25, -0.2) is 4.98 Å². The van der Waals surface area contributed by atoms with Crippen molar-refractivity contribution in [3.8, 4) is 0 Å². The van der Waals surface area contributed by atoms with Gasteiger partial charge in [0.1, 0.15) is 4.75 Å². The van der Waals surface area contributed by atoms with Gasteiger partial charge in [0.25, 0.3) is 0 Å². The molecule has 0 saturated carbocycles. The third-order valence-corrected chi connectivity index (χ3v) is 4.53. The topological polar surface area (TPSA) is 65.2 Å². The number of hydrogen-bond donors (Lipinski definition) is 1. The molecule has 0 aliphatic carbocycles. The average molecular weight is 320 g/mol. The van der Waals surface area contributed by atoms with E-state index in [0.29, 0.717) is 11.7 Å². The number of thioether (sulfide) groups is 1. The minimum atomic E-state index is -0.611. The Labute approximate surface area is 148 Å². The van der Waals surface area contributed by atoms with Gasteiger partial charge in [-0.2, -0.15) is 0 Å². The van der Waals surface area contributed by atoms with Crippen molar-refractivity contribution in [1.82, 2.24) is 4.98 Å². The van der Waals surface area contributed by atoms with Crippen LogP contribution in [0.1, 0.15) is 20.8 Å². The van der Waals surface area contributed by atoms with E-state index in [1.165, 1.54) is 23.1 Å². The van der Waals surface area contributed by atoms with E-state index in [1.54, 1.807) is 0 Å². The van der Waals surface area contributed by atoms with Crippen molar-refractivity contribution >= 4 is 74.0 Å². The third kappa shape index (κ3) is 4.11. The van der Waals surface area contributed by atoms with Gasteiger partial charge in [0.05, 0.1) is 16.8 Å². The zero-order valence-corrected chi connectivity index (χ0v) is 12.7. The quantitative estimate of drug-likeness (QED) is 0.533. The molecular formula is C13H17N2NaO2S2. The fourth-order valence-electron chi connectivity index (χ4n) is 1.63. The summed E-state index contributed by atoms with van der Waals surface area (Å²) in [5.41, 5.74) is 6.57. The summed E-state index contributed by atoms with van der Waals surface area (Å²) in [6.45, 7) is 5.93. The van der Waals surface area contributed by atoms with Crippen molar-refractivity contribution in [2.24, 2.45) is 0 Å². The number of rotatable bonds is 4. The Kier molecular flexibility index (Phi) is 6.34. The summed E-state index contributed by atoms with van der Waals surface area (Å²) in [5, 5.41) is 0.557. The number of nitrogen functional groups attached to an aromatic ring is 1. The Morgan fingerprint density at radius 2 is 2.20 bits per heavy atom. The van der Waals surface area contributed by atoms with Crippen LogP contribution in [0.2, 0.25) is 0 Å². The van der Waals surface area contributed by atoms with Crippen LogP contribution < -0.4 is 5.73 Å². The van der Waals surface area contributed by atoms with Crippen molar-refractivity contribution in [3.05, 3.63) is 18.2 Å². The van der Waals surface area contributed by atoms with Crippen LogP contribution >= 0.6 is 23.1 Å². The van der Waals surface area contributed by atoms with E-state index in [1.807, 2.05) is 39.0 Å². The minimum absolute atomic E-state index is 0. The molecule has 104 valence electrons. The summed E-state index contributed by atoms with van der Waals surface area (Å²) in [5.74, 6) is -0.205. The monoisotopic (exact) mass is 320 g/mol. The van der Waals surface area contributed by atoms with Crippen molar-refractivity contribution in [1.29, 1.82) is 0 Å². The van der Waals surface area contributed by atoms with Crippen LogP contribution in [0.4, 0.5) is 5.13 Å². The van der Waals surface area contributed by atoms with Crippen LogP contribution in [-0.2, 0) is 9.53 Å². The van der Waals surface area contributed by atoms with Gasteiger partial charge in [-0.3, -0.25) is 4.79 Å². The normalized spacial score (nSPS) is 11.2. The standard InChI is InChI=1S/C13H16N2O2S2.Na.H/c1-4-17-11(16)13(2,3)19-8-5-6-9-10(7-8)18-12(14)15-9;;/h5-7H,4H2,1-3H3,(H2,14,15);;.